The first kappa shape index (κ1) is 16.6. The predicted molar refractivity (Wildman–Crippen MR) is 88.6 cm³/mol. The Kier molecular flexibility index (Phi) is 4.66. The lowest BCUT2D eigenvalue weighted by molar-refractivity contribution is -0.137. The van der Waals surface area contributed by atoms with Gasteiger partial charge < -0.3 is 10.6 Å². The number of carbonyl (C=O) groups excluding carboxylic acids is 4. The summed E-state index contributed by atoms with van der Waals surface area (Å²) in [6.07, 6.45) is 2.84. The highest BCUT2D eigenvalue weighted by molar-refractivity contribution is 7.14. The summed E-state index contributed by atoms with van der Waals surface area (Å²) < 4.78 is 0. The van der Waals surface area contributed by atoms with Gasteiger partial charge in [0.05, 0.1) is 11.4 Å². The molecule has 1 unspecified atom stereocenters. The normalized spacial score (nSPS) is 20.5. The number of rotatable bonds is 5. The molecule has 1 saturated carbocycles. The van der Waals surface area contributed by atoms with E-state index in [-0.39, 0.29) is 30.6 Å². The smallest absolute Gasteiger partial charge is 0.249 e. The van der Waals surface area contributed by atoms with E-state index in [2.05, 4.69) is 16.0 Å². The van der Waals surface area contributed by atoms with E-state index in [0.29, 0.717) is 17.3 Å². The molecule has 1 saturated heterocycles. The molecule has 128 valence electrons. The summed E-state index contributed by atoms with van der Waals surface area (Å²) in [5, 5.41) is 10.4. The van der Waals surface area contributed by atoms with E-state index in [0.717, 1.165) is 24.0 Å². The minimum Gasteiger partial charge on any atom is -0.344 e. The standard InChI is InChI=1S/C16H19N3O4S/c1-8(20)17-16-10(11(7-24-16)9-2-3-9)6-14(22)18-12-4-5-13(21)19-15(12)23/h7,9,12H,2-6H2,1H3,(H,17,20)(H,18,22)(H,19,21,23). The van der Waals surface area contributed by atoms with Crippen LogP contribution in [0.15, 0.2) is 5.38 Å². The molecule has 0 spiro atoms. The molecule has 1 atom stereocenters. The third kappa shape index (κ3) is 3.81. The monoisotopic (exact) mass is 349 g/mol. The number of carbonyl (C=O) groups is 4. The van der Waals surface area contributed by atoms with Gasteiger partial charge in [-0.05, 0) is 41.7 Å². The van der Waals surface area contributed by atoms with Crippen LogP contribution in [0.4, 0.5) is 5.00 Å². The van der Waals surface area contributed by atoms with E-state index >= 15 is 0 Å². The third-order valence-electron chi connectivity index (χ3n) is 4.14. The first-order valence-corrected chi connectivity index (χ1v) is 8.83. The van der Waals surface area contributed by atoms with Crippen molar-refractivity contribution < 1.29 is 19.2 Å². The average Bonchev–Trinajstić information content (AvgIpc) is 3.27. The van der Waals surface area contributed by atoms with E-state index in [9.17, 15) is 19.2 Å². The number of thiophene rings is 1. The Labute approximate surface area is 143 Å². The molecular weight excluding hydrogens is 330 g/mol. The van der Waals surface area contributed by atoms with Gasteiger partial charge in [0, 0.05) is 13.3 Å². The molecule has 0 bridgehead atoms. The number of hydrogen-bond acceptors (Lipinski definition) is 5. The van der Waals surface area contributed by atoms with Crippen molar-refractivity contribution in [3.05, 3.63) is 16.5 Å². The fourth-order valence-electron chi connectivity index (χ4n) is 2.82. The average molecular weight is 349 g/mol. The maximum Gasteiger partial charge on any atom is 0.249 e. The molecular formula is C16H19N3O4S. The number of piperidine rings is 1. The highest BCUT2D eigenvalue weighted by Crippen LogP contribution is 2.46. The van der Waals surface area contributed by atoms with Crippen molar-refractivity contribution in [1.29, 1.82) is 0 Å². The predicted octanol–water partition coefficient (Wildman–Crippen LogP) is 1.05. The Hall–Kier alpha value is -2.22. The summed E-state index contributed by atoms with van der Waals surface area (Å²) in [5.41, 5.74) is 1.95. The second-order valence-electron chi connectivity index (χ2n) is 6.20. The van der Waals surface area contributed by atoms with Crippen LogP contribution < -0.4 is 16.0 Å². The van der Waals surface area contributed by atoms with Crippen molar-refractivity contribution >= 4 is 40.0 Å². The zero-order valence-corrected chi connectivity index (χ0v) is 14.1. The molecule has 2 fully saturated rings. The van der Waals surface area contributed by atoms with Crippen LogP contribution in [0.2, 0.25) is 0 Å². The van der Waals surface area contributed by atoms with Crippen LogP contribution >= 0.6 is 11.3 Å². The van der Waals surface area contributed by atoms with Gasteiger partial charge in [-0.2, -0.15) is 0 Å². The zero-order valence-electron chi connectivity index (χ0n) is 13.3. The van der Waals surface area contributed by atoms with E-state index in [1.54, 1.807) is 0 Å². The number of nitrogens with one attached hydrogen (secondary N) is 3. The molecule has 4 amide bonds. The van der Waals surface area contributed by atoms with E-state index in [1.807, 2.05) is 5.38 Å². The molecule has 1 aliphatic heterocycles. The van der Waals surface area contributed by atoms with Gasteiger partial charge in [0.15, 0.2) is 0 Å². The molecule has 2 heterocycles. The Morgan fingerprint density at radius 2 is 2.04 bits per heavy atom. The molecule has 2 aliphatic rings. The Morgan fingerprint density at radius 3 is 2.67 bits per heavy atom. The van der Waals surface area contributed by atoms with Crippen LogP contribution in [-0.2, 0) is 25.6 Å². The molecule has 3 rings (SSSR count). The maximum atomic E-state index is 12.4. The van der Waals surface area contributed by atoms with Crippen molar-refractivity contribution in [1.82, 2.24) is 10.6 Å². The molecule has 7 nitrogen and oxygen atoms in total. The van der Waals surface area contributed by atoms with Gasteiger partial charge >= 0.3 is 0 Å². The lowest BCUT2D eigenvalue weighted by Crippen LogP contribution is -2.52. The van der Waals surface area contributed by atoms with E-state index in [1.165, 1.54) is 18.3 Å². The van der Waals surface area contributed by atoms with Gasteiger partial charge in [0.25, 0.3) is 0 Å². The minimum absolute atomic E-state index is 0.114. The lowest BCUT2D eigenvalue weighted by Gasteiger charge is -2.22. The second kappa shape index (κ2) is 6.72. The first-order valence-electron chi connectivity index (χ1n) is 7.95. The summed E-state index contributed by atoms with van der Waals surface area (Å²) in [5.74, 6) is -0.772. The SMILES string of the molecule is CC(=O)Nc1scc(C2CC2)c1CC(=O)NC1CCC(=O)NC1=O. The molecule has 24 heavy (non-hydrogen) atoms. The number of hydrogen-bond donors (Lipinski definition) is 3. The van der Waals surface area contributed by atoms with Gasteiger partial charge in [-0.15, -0.1) is 11.3 Å². The molecule has 1 aromatic heterocycles. The summed E-state index contributed by atoms with van der Waals surface area (Å²) in [4.78, 5) is 46.6. The van der Waals surface area contributed by atoms with Crippen LogP contribution in [0.3, 0.4) is 0 Å². The Bertz CT molecular complexity index is 708. The number of amides is 4. The van der Waals surface area contributed by atoms with Gasteiger partial charge in [0.2, 0.25) is 23.6 Å². The van der Waals surface area contributed by atoms with Crippen LogP contribution in [0.1, 0.15) is 49.7 Å². The van der Waals surface area contributed by atoms with Crippen molar-refractivity contribution in [3.8, 4) is 0 Å². The van der Waals surface area contributed by atoms with Crippen molar-refractivity contribution in [2.45, 2.75) is 51.0 Å². The van der Waals surface area contributed by atoms with Crippen LogP contribution in [0.5, 0.6) is 0 Å². The number of anilines is 1. The van der Waals surface area contributed by atoms with Crippen LogP contribution in [0.25, 0.3) is 0 Å². The molecule has 1 aliphatic carbocycles. The Morgan fingerprint density at radius 1 is 1.29 bits per heavy atom. The van der Waals surface area contributed by atoms with Gasteiger partial charge in [0.1, 0.15) is 6.04 Å². The fourth-order valence-corrected chi connectivity index (χ4v) is 3.93. The molecule has 3 N–H and O–H groups in total. The zero-order chi connectivity index (χ0) is 17.3. The topological polar surface area (TPSA) is 104 Å². The summed E-state index contributed by atoms with van der Waals surface area (Å²) in [6, 6.07) is -0.678. The Balaban J connectivity index is 1.69. The third-order valence-corrected chi connectivity index (χ3v) is 5.10. The first-order chi connectivity index (χ1) is 11.4. The van der Waals surface area contributed by atoms with E-state index in [4.69, 9.17) is 0 Å². The fraction of sp³-hybridized carbons (Fsp3) is 0.500. The van der Waals surface area contributed by atoms with Crippen molar-refractivity contribution in [3.63, 3.8) is 0 Å². The highest BCUT2D eigenvalue weighted by atomic mass is 32.1. The second-order valence-corrected chi connectivity index (χ2v) is 7.08. The number of imide groups is 1. The quantitative estimate of drug-likeness (QED) is 0.691. The van der Waals surface area contributed by atoms with Gasteiger partial charge in [-0.3, -0.25) is 24.5 Å². The van der Waals surface area contributed by atoms with Crippen molar-refractivity contribution in [2.75, 3.05) is 5.32 Å². The van der Waals surface area contributed by atoms with Crippen LogP contribution in [-0.4, -0.2) is 29.7 Å². The highest BCUT2D eigenvalue weighted by Gasteiger charge is 2.31. The molecule has 8 heteroatoms. The lowest BCUT2D eigenvalue weighted by atomic mass is 10.0. The molecule has 1 aromatic rings. The maximum absolute atomic E-state index is 12.4. The molecule has 0 aromatic carbocycles. The summed E-state index contributed by atoms with van der Waals surface area (Å²) in [7, 11) is 0. The van der Waals surface area contributed by atoms with E-state index < -0.39 is 11.9 Å². The van der Waals surface area contributed by atoms with Gasteiger partial charge in [-0.25, -0.2) is 0 Å². The largest absolute Gasteiger partial charge is 0.344 e. The van der Waals surface area contributed by atoms with Crippen molar-refractivity contribution in [2.24, 2.45) is 0 Å². The van der Waals surface area contributed by atoms with Gasteiger partial charge in [-0.1, -0.05) is 0 Å². The molecule has 0 radical (unpaired) electrons. The minimum atomic E-state index is -0.678. The van der Waals surface area contributed by atoms with Crippen LogP contribution in [0, 0.1) is 0 Å². The summed E-state index contributed by atoms with van der Waals surface area (Å²) in [6.45, 7) is 1.43. The summed E-state index contributed by atoms with van der Waals surface area (Å²) >= 11 is 1.43.